The van der Waals surface area contributed by atoms with Crippen molar-refractivity contribution in [3.63, 3.8) is 0 Å². The van der Waals surface area contributed by atoms with Crippen LogP contribution in [0.25, 0.3) is 5.65 Å². The fourth-order valence-corrected chi connectivity index (χ4v) is 2.16. The third-order valence-corrected chi connectivity index (χ3v) is 3.18. The summed E-state index contributed by atoms with van der Waals surface area (Å²) in [5.41, 5.74) is 0.851. The third-order valence-electron chi connectivity index (χ3n) is 2.64. The number of anilines is 1. The molecule has 0 N–H and O–H groups in total. The van der Waals surface area contributed by atoms with E-state index in [2.05, 4.69) is 43.8 Å². The summed E-state index contributed by atoms with van der Waals surface area (Å²) in [7, 11) is 0. The first-order valence-corrected chi connectivity index (χ1v) is 6.30. The molecular weight excluding hydrogens is 296 g/mol. The van der Waals surface area contributed by atoms with Crippen molar-refractivity contribution >= 4 is 27.4 Å². The summed E-state index contributed by atoms with van der Waals surface area (Å²) < 4.78 is 7.99. The van der Waals surface area contributed by atoms with Gasteiger partial charge in [-0.15, -0.1) is 17.9 Å². The number of hydrogen-bond donors (Lipinski definition) is 0. The number of morpholine rings is 1. The Kier molecular flexibility index (Phi) is 4.18. The van der Waals surface area contributed by atoms with Crippen LogP contribution in [0.5, 0.6) is 0 Å². The molecule has 0 saturated carbocycles. The van der Waals surface area contributed by atoms with Crippen LogP contribution in [0.2, 0.25) is 0 Å². The molecule has 0 amide bonds. The van der Waals surface area contributed by atoms with Crippen molar-refractivity contribution in [2.45, 2.75) is 0 Å². The summed E-state index contributed by atoms with van der Waals surface area (Å²) in [6, 6.07) is 3.97. The Hall–Kier alpha value is -1.58. The second-order valence-electron chi connectivity index (χ2n) is 3.64. The topological polar surface area (TPSA) is 42.7 Å². The van der Waals surface area contributed by atoms with E-state index in [-0.39, 0.29) is 0 Å². The number of fused-ring (bicyclic) bond motifs is 1. The van der Waals surface area contributed by atoms with Crippen LogP contribution in [0.1, 0.15) is 0 Å². The van der Waals surface area contributed by atoms with E-state index in [1.54, 1.807) is 10.7 Å². The van der Waals surface area contributed by atoms with Gasteiger partial charge >= 0.3 is 0 Å². The van der Waals surface area contributed by atoms with E-state index >= 15 is 0 Å². The van der Waals surface area contributed by atoms with E-state index in [0.717, 1.165) is 42.4 Å². The van der Waals surface area contributed by atoms with E-state index in [1.165, 1.54) is 0 Å². The van der Waals surface area contributed by atoms with Crippen molar-refractivity contribution in [1.82, 2.24) is 14.6 Å². The minimum absolute atomic E-state index is 0.769. The molecule has 0 aromatic carbocycles. The average molecular weight is 309 g/mol. The summed E-state index contributed by atoms with van der Waals surface area (Å²) in [4.78, 5) is 6.43. The van der Waals surface area contributed by atoms with Crippen LogP contribution in [0.4, 0.5) is 5.82 Å². The molecule has 0 bridgehead atoms. The van der Waals surface area contributed by atoms with Gasteiger partial charge < -0.3 is 9.64 Å². The highest BCUT2D eigenvalue weighted by molar-refractivity contribution is 9.10. The molecule has 0 aliphatic carbocycles. The zero-order valence-corrected chi connectivity index (χ0v) is 11.4. The lowest BCUT2D eigenvalue weighted by Crippen LogP contribution is -2.37. The zero-order chi connectivity index (χ0) is 13.0. The number of hydrogen-bond acceptors (Lipinski definition) is 4. The monoisotopic (exact) mass is 308 g/mol. The van der Waals surface area contributed by atoms with E-state index in [9.17, 15) is 0 Å². The maximum atomic E-state index is 5.32. The van der Waals surface area contributed by atoms with Gasteiger partial charge in [0, 0.05) is 13.1 Å². The first kappa shape index (κ1) is 12.9. The van der Waals surface area contributed by atoms with Crippen molar-refractivity contribution in [3.8, 4) is 12.8 Å². The lowest BCUT2D eigenvalue weighted by Gasteiger charge is -2.27. The van der Waals surface area contributed by atoms with E-state index < -0.39 is 0 Å². The maximum Gasteiger partial charge on any atom is 0.154 e. The Bertz CT molecular complexity index is 545. The van der Waals surface area contributed by atoms with Gasteiger partial charge in [0.1, 0.15) is 10.4 Å². The Morgan fingerprint density at radius 1 is 1.22 bits per heavy atom. The number of nitrogens with zero attached hydrogens (tertiary/aromatic N) is 4. The van der Waals surface area contributed by atoms with Gasteiger partial charge in [0.15, 0.2) is 5.65 Å². The van der Waals surface area contributed by atoms with Crippen LogP contribution in [-0.2, 0) is 4.74 Å². The number of imidazole rings is 1. The highest BCUT2D eigenvalue weighted by atomic mass is 79.9. The Morgan fingerprint density at radius 3 is 2.67 bits per heavy atom. The molecule has 6 heteroatoms. The maximum absolute atomic E-state index is 5.32. The normalized spacial score (nSPS) is 15.2. The Balaban J connectivity index is 0.000000574. The molecule has 0 spiro atoms. The first-order chi connectivity index (χ1) is 8.84. The highest BCUT2D eigenvalue weighted by Crippen LogP contribution is 2.16. The van der Waals surface area contributed by atoms with Crippen LogP contribution in [0.3, 0.4) is 0 Å². The van der Waals surface area contributed by atoms with Crippen molar-refractivity contribution in [2.75, 3.05) is 31.2 Å². The minimum Gasteiger partial charge on any atom is -0.378 e. The predicted molar refractivity (Wildman–Crippen MR) is 73.6 cm³/mol. The van der Waals surface area contributed by atoms with Gasteiger partial charge in [0.25, 0.3) is 0 Å². The number of terminal acetylenes is 1. The Labute approximate surface area is 114 Å². The van der Waals surface area contributed by atoms with Crippen molar-refractivity contribution < 1.29 is 4.74 Å². The summed E-state index contributed by atoms with van der Waals surface area (Å²) in [5.74, 6) is 0.967. The number of halogens is 1. The molecule has 18 heavy (non-hydrogen) atoms. The molecule has 3 heterocycles. The van der Waals surface area contributed by atoms with Gasteiger partial charge in [0.2, 0.25) is 0 Å². The molecule has 5 nitrogen and oxygen atoms in total. The van der Waals surface area contributed by atoms with Crippen molar-refractivity contribution in [1.29, 1.82) is 0 Å². The molecule has 0 unspecified atom stereocenters. The van der Waals surface area contributed by atoms with Gasteiger partial charge in [-0.25, -0.2) is 9.50 Å². The average Bonchev–Trinajstić information content (AvgIpc) is 2.83. The molecule has 2 aromatic heterocycles. The van der Waals surface area contributed by atoms with Crippen LogP contribution >= 0.6 is 15.9 Å². The lowest BCUT2D eigenvalue weighted by atomic mass is 10.4. The van der Waals surface area contributed by atoms with Gasteiger partial charge in [-0.1, -0.05) is 0 Å². The Morgan fingerprint density at radius 2 is 1.94 bits per heavy atom. The molecule has 1 saturated heterocycles. The fraction of sp³-hybridized carbons (Fsp3) is 0.333. The quantitative estimate of drug-likeness (QED) is 0.750. The lowest BCUT2D eigenvalue weighted by molar-refractivity contribution is 0.122. The van der Waals surface area contributed by atoms with Crippen LogP contribution < -0.4 is 4.90 Å². The number of ether oxygens (including phenoxy) is 1. The first-order valence-electron chi connectivity index (χ1n) is 5.51. The molecular formula is C12H13BrN4O. The smallest absolute Gasteiger partial charge is 0.154 e. The van der Waals surface area contributed by atoms with Crippen LogP contribution in [0, 0.1) is 12.8 Å². The molecule has 0 radical (unpaired) electrons. The SMILES string of the molecule is Brc1cnc2ccc(N3CCOCC3)nn12.C#C. The second-order valence-corrected chi connectivity index (χ2v) is 4.45. The molecule has 94 valence electrons. The van der Waals surface area contributed by atoms with Crippen LogP contribution in [-0.4, -0.2) is 40.9 Å². The standard InChI is InChI=1S/C10H11BrN4O.C2H2/c11-8-7-12-9-1-2-10(13-15(8)9)14-3-5-16-6-4-14;1-2/h1-2,7H,3-6H2;1-2H. The summed E-state index contributed by atoms with van der Waals surface area (Å²) in [6.45, 7) is 3.32. The number of rotatable bonds is 1. The van der Waals surface area contributed by atoms with E-state index in [0.29, 0.717) is 0 Å². The molecule has 1 fully saturated rings. The van der Waals surface area contributed by atoms with E-state index in [4.69, 9.17) is 4.74 Å². The van der Waals surface area contributed by atoms with Crippen molar-refractivity contribution in [3.05, 3.63) is 22.9 Å². The fourth-order valence-electron chi connectivity index (χ4n) is 1.80. The minimum atomic E-state index is 0.769. The molecule has 3 rings (SSSR count). The number of aromatic nitrogens is 3. The summed E-state index contributed by atoms with van der Waals surface area (Å²) in [6.07, 6.45) is 9.76. The summed E-state index contributed by atoms with van der Waals surface area (Å²) in [5, 5.41) is 4.54. The third kappa shape index (κ3) is 2.47. The van der Waals surface area contributed by atoms with Gasteiger partial charge in [-0.2, -0.15) is 0 Å². The zero-order valence-electron chi connectivity index (χ0n) is 9.79. The predicted octanol–water partition coefficient (Wildman–Crippen LogP) is 1.58. The van der Waals surface area contributed by atoms with E-state index in [1.807, 2.05) is 12.1 Å². The van der Waals surface area contributed by atoms with Gasteiger partial charge in [-0.3, -0.25) is 0 Å². The molecule has 1 aliphatic rings. The van der Waals surface area contributed by atoms with Gasteiger partial charge in [0.05, 0.1) is 19.4 Å². The highest BCUT2D eigenvalue weighted by Gasteiger charge is 2.13. The molecule has 0 atom stereocenters. The summed E-state index contributed by atoms with van der Waals surface area (Å²) >= 11 is 3.42. The van der Waals surface area contributed by atoms with Crippen molar-refractivity contribution in [2.24, 2.45) is 0 Å². The second kappa shape index (κ2) is 5.85. The van der Waals surface area contributed by atoms with Gasteiger partial charge in [-0.05, 0) is 28.1 Å². The van der Waals surface area contributed by atoms with Crippen LogP contribution in [0.15, 0.2) is 22.9 Å². The molecule has 1 aliphatic heterocycles. The molecule has 2 aromatic rings. The largest absolute Gasteiger partial charge is 0.378 e.